The second kappa shape index (κ2) is 9.57. The number of para-hydroxylation sites is 2. The van der Waals surface area contributed by atoms with Gasteiger partial charge in [-0.1, -0.05) is 48.2 Å². The minimum Gasteiger partial charge on any atom is -0.497 e. The van der Waals surface area contributed by atoms with Crippen LogP contribution >= 0.6 is 11.8 Å². The van der Waals surface area contributed by atoms with Crippen LogP contribution in [0.15, 0.2) is 83.9 Å². The van der Waals surface area contributed by atoms with E-state index in [9.17, 15) is 4.79 Å². The van der Waals surface area contributed by atoms with Crippen LogP contribution in [0.1, 0.15) is 11.1 Å². The van der Waals surface area contributed by atoms with Crippen molar-refractivity contribution in [2.75, 3.05) is 24.8 Å². The van der Waals surface area contributed by atoms with Crippen molar-refractivity contribution in [1.29, 1.82) is 0 Å². The fourth-order valence-electron chi connectivity index (χ4n) is 3.73. The molecule has 0 unspecified atom stereocenters. The van der Waals surface area contributed by atoms with Gasteiger partial charge >= 0.3 is 0 Å². The van der Waals surface area contributed by atoms with E-state index in [1.807, 2.05) is 78.9 Å². The predicted molar refractivity (Wildman–Crippen MR) is 134 cm³/mol. The van der Waals surface area contributed by atoms with E-state index in [-0.39, 0.29) is 11.7 Å². The Morgan fingerprint density at radius 2 is 1.74 bits per heavy atom. The van der Waals surface area contributed by atoms with Gasteiger partial charge in [0.05, 0.1) is 18.4 Å². The number of hydrogen-bond acceptors (Lipinski definition) is 6. The number of ether oxygens (including phenoxy) is 2. The molecule has 0 atom stereocenters. The Labute approximate surface area is 202 Å². The summed E-state index contributed by atoms with van der Waals surface area (Å²) >= 11 is 1.41. The molecular weight excluding hydrogens is 446 g/mol. The lowest BCUT2D eigenvalue weighted by Gasteiger charge is -2.22. The van der Waals surface area contributed by atoms with Gasteiger partial charge in [0.1, 0.15) is 16.5 Å². The molecule has 3 aromatic carbocycles. The second-order valence-corrected chi connectivity index (χ2v) is 8.79. The first-order chi connectivity index (χ1) is 16.6. The van der Waals surface area contributed by atoms with Crippen LogP contribution < -0.4 is 14.4 Å². The molecule has 6 nitrogen and oxygen atoms in total. The molecule has 0 N–H and O–H groups in total. The SMILES string of the molecule is COc1ccc(-c2nc3c(c(SCC(=O)N(C)c4ccccc4)n2)Cc2ccccc2O3)cc1. The summed E-state index contributed by atoms with van der Waals surface area (Å²) in [7, 11) is 3.42. The minimum atomic E-state index is -0.00770. The third-order valence-electron chi connectivity index (χ3n) is 5.68. The molecule has 4 aromatic rings. The summed E-state index contributed by atoms with van der Waals surface area (Å²) in [4.78, 5) is 24.2. The number of methoxy groups -OCH3 is 1. The number of benzene rings is 3. The van der Waals surface area contributed by atoms with Crippen LogP contribution in [0.25, 0.3) is 11.4 Å². The monoisotopic (exact) mass is 469 g/mol. The number of fused-ring (bicyclic) bond motifs is 2. The van der Waals surface area contributed by atoms with Gasteiger partial charge in [-0.3, -0.25) is 4.79 Å². The van der Waals surface area contributed by atoms with E-state index in [2.05, 4.69) is 0 Å². The average Bonchev–Trinajstić information content (AvgIpc) is 2.90. The lowest BCUT2D eigenvalue weighted by atomic mass is 10.0. The molecule has 7 heteroatoms. The highest BCUT2D eigenvalue weighted by molar-refractivity contribution is 8.00. The molecule has 2 heterocycles. The highest BCUT2D eigenvalue weighted by atomic mass is 32.2. The Bertz CT molecular complexity index is 1330. The van der Waals surface area contributed by atoms with Crippen molar-refractivity contribution in [2.24, 2.45) is 0 Å². The van der Waals surface area contributed by atoms with Crippen LogP contribution in [0.5, 0.6) is 17.4 Å². The molecular formula is C27H23N3O3S. The molecule has 0 spiro atoms. The summed E-state index contributed by atoms with van der Waals surface area (Å²) in [5, 5.41) is 0.750. The molecule has 1 aromatic heterocycles. The fraction of sp³-hybridized carbons (Fsp3) is 0.148. The Morgan fingerprint density at radius 1 is 1.00 bits per heavy atom. The highest BCUT2D eigenvalue weighted by Crippen LogP contribution is 2.40. The van der Waals surface area contributed by atoms with Crippen molar-refractivity contribution >= 4 is 23.4 Å². The van der Waals surface area contributed by atoms with Gasteiger partial charge in [-0.2, -0.15) is 4.98 Å². The molecule has 0 radical (unpaired) electrons. The molecule has 34 heavy (non-hydrogen) atoms. The highest BCUT2D eigenvalue weighted by Gasteiger charge is 2.25. The standard InChI is InChI=1S/C27H23N3O3S/c1-30(20-9-4-3-5-10-20)24(31)17-34-27-22-16-19-8-6-7-11-23(19)33-26(22)28-25(29-27)18-12-14-21(32-2)15-13-18/h3-15H,16-17H2,1-2H3. The van der Waals surface area contributed by atoms with E-state index < -0.39 is 0 Å². The van der Waals surface area contributed by atoms with Crippen molar-refractivity contribution in [1.82, 2.24) is 9.97 Å². The molecule has 0 saturated carbocycles. The minimum absolute atomic E-state index is 0.00770. The van der Waals surface area contributed by atoms with Gasteiger partial charge in [0.2, 0.25) is 11.8 Å². The first-order valence-corrected chi connectivity index (χ1v) is 11.9. The zero-order chi connectivity index (χ0) is 23.5. The van der Waals surface area contributed by atoms with Crippen LogP contribution in [0.4, 0.5) is 5.69 Å². The van der Waals surface area contributed by atoms with Crippen molar-refractivity contribution in [2.45, 2.75) is 11.4 Å². The van der Waals surface area contributed by atoms with Gasteiger partial charge in [0.15, 0.2) is 5.82 Å². The van der Waals surface area contributed by atoms with Crippen molar-refractivity contribution in [3.63, 3.8) is 0 Å². The third kappa shape index (κ3) is 4.47. The molecule has 170 valence electrons. The summed E-state index contributed by atoms with van der Waals surface area (Å²) in [6, 6.07) is 25.1. The second-order valence-electron chi connectivity index (χ2n) is 7.83. The number of carbonyl (C=O) groups is 1. The fourth-order valence-corrected chi connectivity index (χ4v) is 4.67. The number of hydrogen-bond donors (Lipinski definition) is 0. The normalized spacial score (nSPS) is 11.7. The van der Waals surface area contributed by atoms with Gasteiger partial charge in [0.25, 0.3) is 0 Å². The number of aromatic nitrogens is 2. The van der Waals surface area contributed by atoms with E-state index >= 15 is 0 Å². The maximum Gasteiger partial charge on any atom is 0.237 e. The Balaban J connectivity index is 1.46. The number of carbonyl (C=O) groups excluding carboxylic acids is 1. The Kier molecular flexibility index (Phi) is 6.18. The van der Waals surface area contributed by atoms with Crippen LogP contribution in [-0.2, 0) is 11.2 Å². The Morgan fingerprint density at radius 3 is 2.50 bits per heavy atom. The van der Waals surface area contributed by atoms with Gasteiger partial charge in [-0.25, -0.2) is 4.98 Å². The summed E-state index contributed by atoms with van der Waals surface area (Å²) in [5.41, 5.74) is 3.68. The Hall–Kier alpha value is -3.84. The zero-order valence-electron chi connectivity index (χ0n) is 18.9. The van der Waals surface area contributed by atoms with Gasteiger partial charge in [0, 0.05) is 24.7 Å². The maximum atomic E-state index is 12.9. The zero-order valence-corrected chi connectivity index (χ0v) is 19.7. The van der Waals surface area contributed by atoms with Crippen molar-refractivity contribution in [3.05, 3.63) is 90.0 Å². The van der Waals surface area contributed by atoms with E-state index in [1.54, 1.807) is 19.1 Å². The number of rotatable bonds is 6. The van der Waals surface area contributed by atoms with E-state index in [1.165, 1.54) is 11.8 Å². The lowest BCUT2D eigenvalue weighted by Crippen LogP contribution is -2.28. The largest absolute Gasteiger partial charge is 0.497 e. The molecule has 0 bridgehead atoms. The topological polar surface area (TPSA) is 64.5 Å². The molecule has 0 aliphatic carbocycles. The molecule has 1 aliphatic rings. The van der Waals surface area contributed by atoms with E-state index in [4.69, 9.17) is 19.4 Å². The first-order valence-electron chi connectivity index (χ1n) is 10.9. The summed E-state index contributed by atoms with van der Waals surface area (Å²) < 4.78 is 11.4. The van der Waals surface area contributed by atoms with Crippen molar-refractivity contribution in [3.8, 4) is 28.8 Å². The number of amides is 1. The molecule has 0 fully saturated rings. The third-order valence-corrected chi connectivity index (χ3v) is 6.68. The maximum absolute atomic E-state index is 12.9. The quantitative estimate of drug-likeness (QED) is 0.238. The molecule has 0 saturated heterocycles. The van der Waals surface area contributed by atoms with Crippen LogP contribution in [-0.4, -0.2) is 35.8 Å². The number of nitrogens with zero attached hydrogens (tertiary/aromatic N) is 3. The average molecular weight is 470 g/mol. The first kappa shape index (κ1) is 22.0. The smallest absolute Gasteiger partial charge is 0.237 e. The van der Waals surface area contributed by atoms with Gasteiger partial charge < -0.3 is 14.4 Å². The molecule has 5 rings (SSSR count). The summed E-state index contributed by atoms with van der Waals surface area (Å²) in [6.45, 7) is 0. The van der Waals surface area contributed by atoms with Gasteiger partial charge in [-0.15, -0.1) is 0 Å². The van der Waals surface area contributed by atoms with Crippen LogP contribution in [0.2, 0.25) is 0 Å². The number of thioether (sulfide) groups is 1. The van der Waals surface area contributed by atoms with Crippen LogP contribution in [0, 0.1) is 0 Å². The molecule has 1 amide bonds. The number of anilines is 1. The van der Waals surface area contributed by atoms with Gasteiger partial charge in [-0.05, 0) is 48.0 Å². The van der Waals surface area contributed by atoms with E-state index in [0.29, 0.717) is 18.1 Å². The predicted octanol–water partition coefficient (Wildman–Crippen LogP) is 5.60. The van der Waals surface area contributed by atoms with Crippen molar-refractivity contribution < 1.29 is 14.3 Å². The summed E-state index contributed by atoms with van der Waals surface area (Å²) in [6.07, 6.45) is 0.652. The summed E-state index contributed by atoms with van der Waals surface area (Å²) in [5.74, 6) is 2.88. The van der Waals surface area contributed by atoms with Crippen LogP contribution in [0.3, 0.4) is 0 Å². The lowest BCUT2D eigenvalue weighted by molar-refractivity contribution is -0.115. The molecule has 1 aliphatic heterocycles. The van der Waals surface area contributed by atoms with E-state index in [0.717, 1.165) is 38.9 Å².